The standard InChI is InChI=1S/C53H35NOS/c1-53(2)43-15-8-7-14-40(43)49-44(53)16-9-17-45(49)54(37-23-20-33(21-24-37)36-19-18-32-10-3-4-12-35(32)30-36)38-25-27-41-47(31-38)55-46-28-29-48-51(50(41)46)42-26-22-34-11-5-6-13-39(34)52(42)56-48/h3-31H,1-2H3. The smallest absolute Gasteiger partial charge is 0.137 e. The van der Waals surface area contributed by atoms with E-state index in [0.29, 0.717) is 0 Å². The predicted molar refractivity (Wildman–Crippen MR) is 239 cm³/mol. The number of thiophene rings is 1. The molecule has 0 aliphatic heterocycles. The van der Waals surface area contributed by atoms with E-state index in [2.05, 4.69) is 195 Å². The Kier molecular flexibility index (Phi) is 6.59. The Balaban J connectivity index is 1.07. The molecule has 12 rings (SSSR count). The highest BCUT2D eigenvalue weighted by Crippen LogP contribution is 2.54. The summed E-state index contributed by atoms with van der Waals surface area (Å²) < 4.78 is 9.41. The maximum atomic E-state index is 6.80. The van der Waals surface area contributed by atoms with Crippen LogP contribution in [-0.4, -0.2) is 0 Å². The van der Waals surface area contributed by atoms with E-state index >= 15 is 0 Å². The first-order chi connectivity index (χ1) is 27.5. The molecule has 11 aromatic rings. The minimum Gasteiger partial charge on any atom is -0.456 e. The monoisotopic (exact) mass is 733 g/mol. The number of nitrogens with zero attached hydrogens (tertiary/aromatic N) is 1. The molecular formula is C53H35NOS. The largest absolute Gasteiger partial charge is 0.456 e. The third-order valence-electron chi connectivity index (χ3n) is 12.2. The molecule has 1 aliphatic carbocycles. The SMILES string of the molecule is CC1(C)c2ccccc2-c2c(N(c3ccc(-c4ccc5ccccc5c4)cc3)c3ccc4c(c3)oc3ccc5sc6c7ccccc7ccc6c5c34)cccc21. The fraction of sp³-hybridized carbons (Fsp3) is 0.0566. The van der Waals surface area contributed by atoms with Gasteiger partial charge in [-0.1, -0.05) is 135 Å². The second-order valence-electron chi connectivity index (χ2n) is 15.7. The van der Waals surface area contributed by atoms with E-state index in [9.17, 15) is 0 Å². The number of rotatable bonds is 4. The summed E-state index contributed by atoms with van der Waals surface area (Å²) in [5.41, 5.74) is 12.7. The lowest BCUT2D eigenvalue weighted by molar-refractivity contribution is 0.660. The van der Waals surface area contributed by atoms with E-state index in [1.54, 1.807) is 0 Å². The molecule has 0 fully saturated rings. The van der Waals surface area contributed by atoms with Crippen LogP contribution in [0.25, 0.3) is 85.9 Å². The molecule has 0 radical (unpaired) electrons. The van der Waals surface area contributed by atoms with Crippen molar-refractivity contribution >= 4 is 92.1 Å². The minimum absolute atomic E-state index is 0.115. The summed E-state index contributed by atoms with van der Waals surface area (Å²) >= 11 is 1.88. The van der Waals surface area contributed by atoms with E-state index in [1.807, 2.05) is 11.3 Å². The zero-order valence-electron chi connectivity index (χ0n) is 31.0. The van der Waals surface area contributed by atoms with Crippen LogP contribution in [0.1, 0.15) is 25.0 Å². The van der Waals surface area contributed by atoms with Crippen LogP contribution in [0.5, 0.6) is 0 Å². The van der Waals surface area contributed by atoms with Gasteiger partial charge in [0.05, 0.1) is 5.69 Å². The van der Waals surface area contributed by atoms with Crippen LogP contribution in [0.15, 0.2) is 180 Å². The third kappa shape index (κ3) is 4.49. The first kappa shape index (κ1) is 31.6. The Morgan fingerprint density at radius 2 is 1.20 bits per heavy atom. The van der Waals surface area contributed by atoms with Gasteiger partial charge in [-0.2, -0.15) is 0 Å². The van der Waals surface area contributed by atoms with Crippen LogP contribution in [0.3, 0.4) is 0 Å². The fourth-order valence-corrected chi connectivity index (χ4v) is 10.8. The summed E-state index contributed by atoms with van der Waals surface area (Å²) in [6.07, 6.45) is 0. The molecule has 2 nitrogen and oxygen atoms in total. The first-order valence-corrected chi connectivity index (χ1v) is 20.1. The summed E-state index contributed by atoms with van der Waals surface area (Å²) in [7, 11) is 0. The van der Waals surface area contributed by atoms with Gasteiger partial charge in [0.1, 0.15) is 11.2 Å². The summed E-state index contributed by atoms with van der Waals surface area (Å²) in [5.74, 6) is 0. The molecule has 56 heavy (non-hydrogen) atoms. The van der Waals surface area contributed by atoms with Gasteiger partial charge in [-0.15, -0.1) is 11.3 Å². The van der Waals surface area contributed by atoms with Gasteiger partial charge in [0.25, 0.3) is 0 Å². The average Bonchev–Trinajstić information content (AvgIpc) is 3.89. The van der Waals surface area contributed by atoms with Crippen LogP contribution in [-0.2, 0) is 5.41 Å². The number of benzene rings is 9. The number of furan rings is 1. The molecule has 2 aromatic heterocycles. The van der Waals surface area contributed by atoms with Crippen LogP contribution in [0.2, 0.25) is 0 Å². The highest BCUT2D eigenvalue weighted by atomic mass is 32.1. The highest BCUT2D eigenvalue weighted by Gasteiger charge is 2.37. The van der Waals surface area contributed by atoms with Gasteiger partial charge >= 0.3 is 0 Å². The number of fused-ring (bicyclic) bond motifs is 13. The van der Waals surface area contributed by atoms with Crippen LogP contribution >= 0.6 is 11.3 Å². The van der Waals surface area contributed by atoms with Gasteiger partial charge < -0.3 is 9.32 Å². The molecule has 0 unspecified atom stereocenters. The Morgan fingerprint density at radius 1 is 0.482 bits per heavy atom. The summed E-state index contributed by atoms with van der Waals surface area (Å²) in [6.45, 7) is 4.70. The van der Waals surface area contributed by atoms with Crippen LogP contribution in [0, 0.1) is 0 Å². The molecule has 0 atom stereocenters. The molecule has 0 bridgehead atoms. The second-order valence-corrected chi connectivity index (χ2v) is 16.7. The van der Waals surface area contributed by atoms with Gasteiger partial charge in [0.15, 0.2) is 0 Å². The molecule has 9 aromatic carbocycles. The molecule has 0 saturated carbocycles. The zero-order valence-corrected chi connectivity index (χ0v) is 31.8. The van der Waals surface area contributed by atoms with Crippen molar-refractivity contribution in [2.45, 2.75) is 19.3 Å². The normalized spacial score (nSPS) is 13.3. The number of hydrogen-bond acceptors (Lipinski definition) is 3. The van der Waals surface area contributed by atoms with Gasteiger partial charge in [-0.3, -0.25) is 0 Å². The molecule has 0 amide bonds. The summed E-state index contributed by atoms with van der Waals surface area (Å²) in [5, 5.41) is 9.97. The van der Waals surface area contributed by atoms with Crippen molar-refractivity contribution < 1.29 is 4.42 Å². The lowest BCUT2D eigenvalue weighted by Gasteiger charge is -2.29. The average molecular weight is 734 g/mol. The van der Waals surface area contributed by atoms with Gasteiger partial charge in [-0.05, 0) is 97.9 Å². The third-order valence-corrected chi connectivity index (χ3v) is 13.4. The number of anilines is 3. The lowest BCUT2D eigenvalue weighted by Crippen LogP contribution is -2.16. The van der Waals surface area contributed by atoms with Crippen molar-refractivity contribution in [2.75, 3.05) is 4.90 Å². The summed E-state index contributed by atoms with van der Waals surface area (Å²) in [6, 6.07) is 64.5. The quantitative estimate of drug-likeness (QED) is 0.179. The van der Waals surface area contributed by atoms with Gasteiger partial charge in [0, 0.05) is 59.4 Å². The molecule has 2 heterocycles. The van der Waals surface area contributed by atoms with Crippen molar-refractivity contribution in [3.05, 3.63) is 187 Å². The van der Waals surface area contributed by atoms with E-state index in [-0.39, 0.29) is 5.41 Å². The van der Waals surface area contributed by atoms with Crippen molar-refractivity contribution in [1.82, 2.24) is 0 Å². The Bertz CT molecular complexity index is 3400. The highest BCUT2D eigenvalue weighted by molar-refractivity contribution is 7.27. The van der Waals surface area contributed by atoms with E-state index < -0.39 is 0 Å². The first-order valence-electron chi connectivity index (χ1n) is 19.3. The molecule has 0 N–H and O–H groups in total. The zero-order chi connectivity index (χ0) is 37.1. The number of hydrogen-bond donors (Lipinski definition) is 0. The maximum Gasteiger partial charge on any atom is 0.137 e. The fourth-order valence-electron chi connectivity index (χ4n) is 9.51. The van der Waals surface area contributed by atoms with Crippen LogP contribution in [0.4, 0.5) is 17.1 Å². The van der Waals surface area contributed by atoms with Crippen molar-refractivity contribution in [1.29, 1.82) is 0 Å². The molecule has 0 spiro atoms. The van der Waals surface area contributed by atoms with Crippen molar-refractivity contribution in [3.8, 4) is 22.3 Å². The Labute approximate surface area is 328 Å². The van der Waals surface area contributed by atoms with E-state index in [4.69, 9.17) is 4.42 Å². The van der Waals surface area contributed by atoms with E-state index in [1.165, 1.54) is 80.5 Å². The predicted octanol–water partition coefficient (Wildman–Crippen LogP) is 15.7. The Hall–Kier alpha value is -6.68. The summed E-state index contributed by atoms with van der Waals surface area (Å²) in [4.78, 5) is 2.43. The molecular weight excluding hydrogens is 699 g/mol. The maximum absolute atomic E-state index is 6.80. The van der Waals surface area contributed by atoms with Gasteiger partial charge in [-0.25, -0.2) is 0 Å². The molecule has 3 heteroatoms. The molecule has 1 aliphatic rings. The minimum atomic E-state index is -0.115. The molecule has 264 valence electrons. The van der Waals surface area contributed by atoms with Crippen LogP contribution < -0.4 is 4.90 Å². The Morgan fingerprint density at radius 3 is 2.09 bits per heavy atom. The van der Waals surface area contributed by atoms with E-state index in [0.717, 1.165) is 33.6 Å². The molecule has 0 saturated heterocycles. The topological polar surface area (TPSA) is 16.4 Å². The van der Waals surface area contributed by atoms with Crippen molar-refractivity contribution in [3.63, 3.8) is 0 Å². The van der Waals surface area contributed by atoms with Gasteiger partial charge in [0.2, 0.25) is 0 Å². The second kappa shape index (κ2) is 11.7. The van der Waals surface area contributed by atoms with Crippen molar-refractivity contribution in [2.24, 2.45) is 0 Å². The lowest BCUT2D eigenvalue weighted by atomic mass is 9.82.